The molecule has 31 heavy (non-hydrogen) atoms. The highest BCUT2D eigenvalue weighted by molar-refractivity contribution is 5.97. The van der Waals surface area contributed by atoms with E-state index in [0.29, 0.717) is 11.6 Å². The number of ketones is 1. The number of ether oxygens (including phenoxy) is 1. The molecule has 3 aliphatic rings. The number of benzene rings is 2. The zero-order valence-corrected chi connectivity index (χ0v) is 18.1. The van der Waals surface area contributed by atoms with E-state index < -0.39 is 0 Å². The predicted molar refractivity (Wildman–Crippen MR) is 123 cm³/mol. The maximum atomic E-state index is 12.8. The summed E-state index contributed by atoms with van der Waals surface area (Å²) in [7, 11) is 0. The first kappa shape index (κ1) is 20.3. The SMILES string of the molecule is CC[C@H]1CN2CC[C@H]1C[C@@H]2[C@H](OCC(=O)c1ccccc1)c1ccnc2ccccc12. The number of aromatic nitrogens is 1. The fourth-order valence-corrected chi connectivity index (χ4v) is 5.60. The van der Waals surface area contributed by atoms with Gasteiger partial charge in [0.25, 0.3) is 0 Å². The van der Waals surface area contributed by atoms with Gasteiger partial charge in [0, 0.05) is 29.7 Å². The quantitative estimate of drug-likeness (QED) is 0.492. The molecule has 4 nitrogen and oxygen atoms in total. The third-order valence-corrected chi connectivity index (χ3v) is 7.29. The van der Waals surface area contributed by atoms with Gasteiger partial charge in [0.05, 0.1) is 11.6 Å². The molecule has 2 bridgehead atoms. The highest BCUT2D eigenvalue weighted by atomic mass is 16.5. The Morgan fingerprint density at radius 2 is 1.94 bits per heavy atom. The molecule has 5 atom stereocenters. The van der Waals surface area contributed by atoms with Gasteiger partial charge < -0.3 is 4.74 Å². The number of nitrogens with zero attached hydrogens (tertiary/aromatic N) is 2. The number of rotatable bonds is 7. The van der Waals surface area contributed by atoms with Crippen molar-refractivity contribution in [1.29, 1.82) is 0 Å². The van der Waals surface area contributed by atoms with E-state index in [4.69, 9.17) is 4.74 Å². The van der Waals surface area contributed by atoms with Crippen molar-refractivity contribution < 1.29 is 9.53 Å². The molecule has 160 valence electrons. The first-order chi connectivity index (χ1) is 15.2. The van der Waals surface area contributed by atoms with E-state index in [1.54, 1.807) is 0 Å². The molecule has 1 unspecified atom stereocenters. The van der Waals surface area contributed by atoms with Gasteiger partial charge in [-0.05, 0) is 48.9 Å². The van der Waals surface area contributed by atoms with Gasteiger partial charge in [0.1, 0.15) is 6.61 Å². The monoisotopic (exact) mass is 414 g/mol. The summed E-state index contributed by atoms with van der Waals surface area (Å²) in [6.45, 7) is 4.67. The molecule has 2 aromatic carbocycles. The van der Waals surface area contributed by atoms with Crippen molar-refractivity contribution in [2.75, 3.05) is 19.7 Å². The highest BCUT2D eigenvalue weighted by Gasteiger charge is 2.43. The summed E-state index contributed by atoms with van der Waals surface area (Å²) >= 11 is 0. The number of piperidine rings is 3. The fourth-order valence-electron chi connectivity index (χ4n) is 5.60. The number of pyridine rings is 1. The van der Waals surface area contributed by atoms with Crippen LogP contribution in [0.1, 0.15) is 48.2 Å². The fraction of sp³-hybridized carbons (Fsp3) is 0.407. The molecule has 0 radical (unpaired) electrons. The van der Waals surface area contributed by atoms with Gasteiger partial charge in [-0.1, -0.05) is 61.9 Å². The lowest BCUT2D eigenvalue weighted by atomic mass is 9.72. The molecule has 4 heteroatoms. The van der Waals surface area contributed by atoms with Crippen molar-refractivity contribution in [3.05, 3.63) is 78.0 Å². The maximum Gasteiger partial charge on any atom is 0.188 e. The van der Waals surface area contributed by atoms with Crippen molar-refractivity contribution in [2.24, 2.45) is 11.8 Å². The van der Waals surface area contributed by atoms with Crippen molar-refractivity contribution in [3.8, 4) is 0 Å². The number of hydrogen-bond acceptors (Lipinski definition) is 4. The number of carbonyl (C=O) groups excluding carboxylic acids is 1. The van der Waals surface area contributed by atoms with E-state index in [0.717, 1.165) is 47.8 Å². The predicted octanol–water partition coefficient (Wildman–Crippen LogP) is 5.30. The Morgan fingerprint density at radius 1 is 1.13 bits per heavy atom. The summed E-state index contributed by atoms with van der Waals surface area (Å²) < 4.78 is 6.49. The molecule has 0 N–H and O–H groups in total. The number of carbonyl (C=O) groups is 1. The average Bonchev–Trinajstić information content (AvgIpc) is 2.85. The van der Waals surface area contributed by atoms with Gasteiger partial charge in [-0.15, -0.1) is 0 Å². The molecule has 0 spiro atoms. The number of hydrogen-bond donors (Lipinski definition) is 0. The Kier molecular flexibility index (Phi) is 5.84. The summed E-state index contributed by atoms with van der Waals surface area (Å²) in [5.41, 5.74) is 2.83. The molecule has 6 rings (SSSR count). The summed E-state index contributed by atoms with van der Waals surface area (Å²) in [5.74, 6) is 1.57. The topological polar surface area (TPSA) is 42.4 Å². The van der Waals surface area contributed by atoms with Crippen LogP contribution < -0.4 is 0 Å². The van der Waals surface area contributed by atoms with Crippen LogP contribution in [0.3, 0.4) is 0 Å². The van der Waals surface area contributed by atoms with Gasteiger partial charge in [0.2, 0.25) is 0 Å². The third kappa shape index (κ3) is 4.02. The van der Waals surface area contributed by atoms with Crippen LogP contribution in [0.4, 0.5) is 0 Å². The molecule has 3 fully saturated rings. The highest BCUT2D eigenvalue weighted by Crippen LogP contribution is 2.43. The number of para-hydroxylation sites is 1. The average molecular weight is 415 g/mol. The standard InChI is InChI=1S/C27H30N2O2/c1-2-19-17-29-15-13-21(19)16-25(29)27(31-18-26(30)20-8-4-3-5-9-20)23-12-14-28-24-11-7-6-10-22(23)24/h3-12,14,19,21,25,27H,2,13,15-18H2,1H3/t19-,21-,25+,27+/m0/s1. The van der Waals surface area contributed by atoms with Crippen LogP contribution in [0.5, 0.6) is 0 Å². The van der Waals surface area contributed by atoms with Crippen LogP contribution in [0.2, 0.25) is 0 Å². The minimum atomic E-state index is -0.138. The lowest BCUT2D eigenvalue weighted by Crippen LogP contribution is -2.55. The van der Waals surface area contributed by atoms with Crippen molar-refractivity contribution in [1.82, 2.24) is 9.88 Å². The Labute approximate surface area is 184 Å². The van der Waals surface area contributed by atoms with E-state index in [1.165, 1.54) is 12.8 Å². The molecule has 0 aliphatic carbocycles. The third-order valence-electron chi connectivity index (χ3n) is 7.29. The van der Waals surface area contributed by atoms with Gasteiger partial charge in [-0.25, -0.2) is 0 Å². The number of Topliss-reactive ketones (excluding diaryl/α,β-unsaturated/α-hetero) is 1. The van der Waals surface area contributed by atoms with E-state index in [2.05, 4.69) is 35.0 Å². The van der Waals surface area contributed by atoms with Crippen LogP contribution >= 0.6 is 0 Å². The van der Waals surface area contributed by atoms with Crippen molar-refractivity contribution in [2.45, 2.75) is 38.3 Å². The lowest BCUT2D eigenvalue weighted by Gasteiger charge is -2.52. The summed E-state index contributed by atoms with van der Waals surface area (Å²) in [5, 5.41) is 1.12. The van der Waals surface area contributed by atoms with Crippen LogP contribution in [0.15, 0.2) is 66.9 Å². The molecular formula is C27H30N2O2. The molecular weight excluding hydrogens is 384 g/mol. The van der Waals surface area contributed by atoms with E-state index in [1.807, 2.05) is 48.7 Å². The summed E-state index contributed by atoms with van der Waals surface area (Å²) in [6.07, 6.45) is 5.39. The lowest BCUT2D eigenvalue weighted by molar-refractivity contribution is -0.0782. The van der Waals surface area contributed by atoms with E-state index in [-0.39, 0.29) is 18.5 Å². The molecule has 0 amide bonds. The van der Waals surface area contributed by atoms with E-state index in [9.17, 15) is 4.79 Å². The Morgan fingerprint density at radius 3 is 2.71 bits per heavy atom. The van der Waals surface area contributed by atoms with Crippen LogP contribution in [0, 0.1) is 11.8 Å². The molecule has 1 aromatic heterocycles. The second-order valence-corrected chi connectivity index (χ2v) is 8.95. The largest absolute Gasteiger partial charge is 0.364 e. The Hall–Kier alpha value is -2.56. The van der Waals surface area contributed by atoms with Gasteiger partial charge in [-0.3, -0.25) is 14.7 Å². The molecule has 3 aromatic rings. The van der Waals surface area contributed by atoms with Crippen LogP contribution in [-0.4, -0.2) is 41.4 Å². The second kappa shape index (κ2) is 8.89. The van der Waals surface area contributed by atoms with Crippen molar-refractivity contribution >= 4 is 16.7 Å². The summed E-state index contributed by atoms with van der Waals surface area (Å²) in [6, 6.07) is 20.1. The molecule has 3 aliphatic heterocycles. The summed E-state index contributed by atoms with van der Waals surface area (Å²) in [4.78, 5) is 20.0. The van der Waals surface area contributed by atoms with Gasteiger partial charge in [-0.2, -0.15) is 0 Å². The zero-order valence-electron chi connectivity index (χ0n) is 18.1. The normalized spacial score (nSPS) is 26.1. The molecule has 0 saturated carbocycles. The molecule has 4 heterocycles. The smallest absolute Gasteiger partial charge is 0.188 e. The zero-order chi connectivity index (χ0) is 21.2. The van der Waals surface area contributed by atoms with Gasteiger partial charge >= 0.3 is 0 Å². The maximum absolute atomic E-state index is 12.8. The van der Waals surface area contributed by atoms with Crippen molar-refractivity contribution in [3.63, 3.8) is 0 Å². The molecule has 3 saturated heterocycles. The minimum absolute atomic E-state index is 0.0337. The van der Waals surface area contributed by atoms with Crippen LogP contribution in [0.25, 0.3) is 10.9 Å². The van der Waals surface area contributed by atoms with E-state index >= 15 is 0 Å². The minimum Gasteiger partial charge on any atom is -0.364 e. The first-order valence-corrected chi connectivity index (χ1v) is 11.5. The second-order valence-electron chi connectivity index (χ2n) is 8.95. The first-order valence-electron chi connectivity index (χ1n) is 11.5. The Bertz CT molecular complexity index is 1050. The van der Waals surface area contributed by atoms with Crippen LogP contribution in [-0.2, 0) is 4.74 Å². The Balaban J connectivity index is 1.46. The number of fused-ring (bicyclic) bond motifs is 4. The van der Waals surface area contributed by atoms with Gasteiger partial charge in [0.15, 0.2) is 5.78 Å².